The molecule has 0 unspecified atom stereocenters. The molecule has 1 fully saturated rings. The maximum atomic E-state index is 13.6. The highest BCUT2D eigenvalue weighted by atomic mass is 16.6. The van der Waals surface area contributed by atoms with Gasteiger partial charge in [0.15, 0.2) is 0 Å². The Balaban J connectivity index is 1.65. The summed E-state index contributed by atoms with van der Waals surface area (Å²) in [6, 6.07) is 17.9. The van der Waals surface area contributed by atoms with Crippen LogP contribution in [-0.2, 0) is 27.1 Å². The summed E-state index contributed by atoms with van der Waals surface area (Å²) in [5, 5.41) is 11.5. The van der Waals surface area contributed by atoms with Gasteiger partial charge in [0.1, 0.15) is 17.2 Å². The van der Waals surface area contributed by atoms with E-state index in [-0.39, 0.29) is 31.1 Å². The number of hydrogen-bond acceptors (Lipinski definition) is 6. The van der Waals surface area contributed by atoms with Gasteiger partial charge in [-0.1, -0.05) is 60.7 Å². The first-order valence-electron chi connectivity index (χ1n) is 16.1. The van der Waals surface area contributed by atoms with Crippen LogP contribution < -0.4 is 21.3 Å². The molecule has 1 heterocycles. The van der Waals surface area contributed by atoms with Crippen LogP contribution in [0.25, 0.3) is 0 Å². The van der Waals surface area contributed by atoms with E-state index in [0.29, 0.717) is 25.8 Å². The van der Waals surface area contributed by atoms with Crippen molar-refractivity contribution in [1.82, 2.24) is 26.2 Å². The average Bonchev–Trinajstić information content (AvgIpc) is 3.38. The summed E-state index contributed by atoms with van der Waals surface area (Å²) in [5.41, 5.74) is 0.846. The number of alkyl carbamates (subject to hydrolysis) is 2. The smallest absolute Gasteiger partial charge is 0.408 e. The second-order valence-electron chi connectivity index (χ2n) is 13.7. The summed E-state index contributed by atoms with van der Waals surface area (Å²) in [5.74, 6) is -0.365. The first-order valence-corrected chi connectivity index (χ1v) is 16.1. The maximum Gasteiger partial charge on any atom is 0.408 e. The lowest BCUT2D eigenvalue weighted by Crippen LogP contribution is -2.51. The molecular weight excluding hydrogens is 586 g/mol. The minimum absolute atomic E-state index is 0.159. The van der Waals surface area contributed by atoms with Gasteiger partial charge in [0.2, 0.25) is 5.91 Å². The third kappa shape index (κ3) is 13.4. The Hall–Kier alpha value is -4.28. The van der Waals surface area contributed by atoms with Crippen molar-refractivity contribution in [2.45, 2.75) is 103 Å². The molecule has 46 heavy (non-hydrogen) atoms. The number of hydrogen-bond donors (Lipinski definition) is 4. The Morgan fingerprint density at radius 3 is 1.96 bits per heavy atom. The van der Waals surface area contributed by atoms with Crippen molar-refractivity contribution >= 4 is 24.1 Å². The molecule has 11 nitrogen and oxygen atoms in total. The van der Waals surface area contributed by atoms with E-state index >= 15 is 0 Å². The quantitative estimate of drug-likeness (QED) is 0.243. The number of nitrogens with one attached hydrogen (secondary N) is 4. The van der Waals surface area contributed by atoms with E-state index < -0.39 is 35.5 Å². The monoisotopic (exact) mass is 637 g/mol. The second kappa shape index (κ2) is 16.9. The molecular formula is C35H51N5O6. The fourth-order valence-electron chi connectivity index (χ4n) is 5.19. The molecule has 2 aromatic rings. The second-order valence-corrected chi connectivity index (χ2v) is 13.7. The number of carbonyl (C=O) groups excluding carboxylic acids is 4. The standard InChI is InChI=1S/C35H51N5O6/c1-34(2,3)45-32(43)37-23-28-22-27(24-40(28)31(42)36-21-13-18-25-14-9-7-10-15-25)38-30(41)29(39-33(44)46-35(4,5)6)20-19-26-16-11-8-12-17-26/h7-12,14-17,27-29H,13,18-24H2,1-6H3,(H,36,42)(H,37,43)(H,38,41)(H,39,44)/t27-,28-,29-/m0/s1. The van der Waals surface area contributed by atoms with Crippen molar-refractivity contribution in [3.05, 3.63) is 71.8 Å². The zero-order chi connectivity index (χ0) is 33.7. The molecule has 0 bridgehead atoms. The predicted octanol–water partition coefficient (Wildman–Crippen LogP) is 4.94. The fourth-order valence-corrected chi connectivity index (χ4v) is 5.19. The highest BCUT2D eigenvalue weighted by Crippen LogP contribution is 2.19. The Bertz CT molecular complexity index is 1280. The largest absolute Gasteiger partial charge is 0.444 e. The van der Waals surface area contributed by atoms with Gasteiger partial charge in [0.25, 0.3) is 0 Å². The molecule has 0 spiro atoms. The third-order valence-corrected chi connectivity index (χ3v) is 7.24. The molecule has 252 valence electrons. The van der Waals surface area contributed by atoms with Crippen LogP contribution in [0.15, 0.2) is 60.7 Å². The number of benzene rings is 2. The van der Waals surface area contributed by atoms with Crippen molar-refractivity contribution in [1.29, 1.82) is 0 Å². The topological polar surface area (TPSA) is 138 Å². The minimum atomic E-state index is -0.853. The summed E-state index contributed by atoms with van der Waals surface area (Å²) in [6.45, 7) is 11.5. The predicted molar refractivity (Wildman–Crippen MR) is 177 cm³/mol. The van der Waals surface area contributed by atoms with Crippen LogP contribution in [0.4, 0.5) is 14.4 Å². The molecule has 1 aliphatic heterocycles. The zero-order valence-corrected chi connectivity index (χ0v) is 28.1. The molecule has 5 amide bonds. The summed E-state index contributed by atoms with van der Waals surface area (Å²) in [7, 11) is 0. The zero-order valence-electron chi connectivity index (χ0n) is 28.1. The van der Waals surface area contributed by atoms with Gasteiger partial charge >= 0.3 is 18.2 Å². The Morgan fingerprint density at radius 1 is 0.804 bits per heavy atom. The molecule has 11 heteroatoms. The van der Waals surface area contributed by atoms with Crippen molar-refractivity contribution in [3.63, 3.8) is 0 Å². The molecule has 0 aliphatic carbocycles. The minimum Gasteiger partial charge on any atom is -0.444 e. The van der Waals surface area contributed by atoms with Gasteiger partial charge in [-0.2, -0.15) is 0 Å². The number of carbonyl (C=O) groups is 4. The molecule has 1 saturated heterocycles. The Kier molecular flexibility index (Phi) is 13.3. The normalized spacial score (nSPS) is 17.0. The summed E-state index contributed by atoms with van der Waals surface area (Å²) < 4.78 is 10.8. The Labute approximate surface area is 273 Å². The van der Waals surface area contributed by atoms with Crippen molar-refractivity contribution in [2.24, 2.45) is 0 Å². The van der Waals surface area contributed by atoms with E-state index in [1.165, 1.54) is 5.56 Å². The molecule has 3 rings (SSSR count). The van der Waals surface area contributed by atoms with Crippen LogP contribution >= 0.6 is 0 Å². The van der Waals surface area contributed by atoms with Gasteiger partial charge in [0, 0.05) is 25.7 Å². The molecule has 0 saturated carbocycles. The van der Waals surface area contributed by atoms with E-state index in [9.17, 15) is 19.2 Å². The van der Waals surface area contributed by atoms with Crippen molar-refractivity contribution < 1.29 is 28.7 Å². The van der Waals surface area contributed by atoms with E-state index in [4.69, 9.17) is 9.47 Å². The van der Waals surface area contributed by atoms with Crippen molar-refractivity contribution in [2.75, 3.05) is 19.6 Å². The number of likely N-dealkylation sites (tertiary alicyclic amines) is 1. The van der Waals surface area contributed by atoms with Crippen LogP contribution in [0, 0.1) is 0 Å². The van der Waals surface area contributed by atoms with Gasteiger partial charge in [-0.05, 0) is 84.8 Å². The van der Waals surface area contributed by atoms with E-state index in [1.54, 1.807) is 46.4 Å². The molecule has 0 radical (unpaired) electrons. The highest BCUT2D eigenvalue weighted by molar-refractivity contribution is 5.86. The fraction of sp³-hybridized carbons (Fsp3) is 0.543. The Morgan fingerprint density at radius 2 is 1.37 bits per heavy atom. The van der Waals surface area contributed by atoms with E-state index in [1.807, 2.05) is 48.5 Å². The SMILES string of the molecule is CC(C)(C)OC(=O)NC[C@@H]1C[C@H](NC(=O)[C@H](CCc2ccccc2)NC(=O)OC(C)(C)C)CN1C(=O)NCCCc1ccccc1. The van der Waals surface area contributed by atoms with Gasteiger partial charge in [-0.3, -0.25) is 4.79 Å². The van der Waals surface area contributed by atoms with Crippen molar-refractivity contribution in [3.8, 4) is 0 Å². The van der Waals surface area contributed by atoms with Gasteiger partial charge < -0.3 is 35.6 Å². The molecule has 1 aliphatic rings. The number of nitrogens with zero attached hydrogens (tertiary/aromatic N) is 1. The van der Waals surface area contributed by atoms with E-state index in [2.05, 4.69) is 33.4 Å². The average molecular weight is 638 g/mol. The lowest BCUT2D eigenvalue weighted by Gasteiger charge is -2.26. The summed E-state index contributed by atoms with van der Waals surface area (Å²) in [6.07, 6.45) is 1.68. The van der Waals surface area contributed by atoms with Crippen LogP contribution in [0.3, 0.4) is 0 Å². The first kappa shape index (κ1) is 36.2. The lowest BCUT2D eigenvalue weighted by molar-refractivity contribution is -0.124. The number of rotatable bonds is 12. The maximum absolute atomic E-state index is 13.6. The summed E-state index contributed by atoms with van der Waals surface area (Å²) >= 11 is 0. The van der Waals surface area contributed by atoms with Crippen LogP contribution in [0.5, 0.6) is 0 Å². The van der Waals surface area contributed by atoms with Gasteiger partial charge in [0.05, 0.1) is 6.04 Å². The van der Waals surface area contributed by atoms with E-state index in [0.717, 1.165) is 18.4 Å². The van der Waals surface area contributed by atoms with Gasteiger partial charge in [-0.25, -0.2) is 14.4 Å². The number of urea groups is 1. The summed E-state index contributed by atoms with van der Waals surface area (Å²) in [4.78, 5) is 53.6. The van der Waals surface area contributed by atoms with Crippen LogP contribution in [0.2, 0.25) is 0 Å². The lowest BCUT2D eigenvalue weighted by atomic mass is 10.0. The molecule has 4 N–H and O–H groups in total. The molecule has 3 atom stereocenters. The molecule has 2 aromatic carbocycles. The highest BCUT2D eigenvalue weighted by Gasteiger charge is 2.37. The van der Waals surface area contributed by atoms with Gasteiger partial charge in [-0.15, -0.1) is 0 Å². The third-order valence-electron chi connectivity index (χ3n) is 7.24. The first-order chi connectivity index (χ1) is 21.7. The van der Waals surface area contributed by atoms with Crippen LogP contribution in [0.1, 0.15) is 71.9 Å². The van der Waals surface area contributed by atoms with Crippen LogP contribution in [-0.4, -0.2) is 78.0 Å². The number of aryl methyl sites for hydroxylation is 2. The molecule has 0 aromatic heterocycles. The number of ether oxygens (including phenoxy) is 2. The number of amides is 5.